The molecular formula is C17H29IN6O2. The second kappa shape index (κ2) is 12.8. The minimum Gasteiger partial charge on any atom is -0.379 e. The van der Waals surface area contributed by atoms with Gasteiger partial charge in [-0.2, -0.15) is 0 Å². The van der Waals surface area contributed by atoms with Gasteiger partial charge in [-0.25, -0.2) is 4.98 Å². The quantitative estimate of drug-likeness (QED) is 0.224. The molecule has 0 aliphatic carbocycles. The maximum Gasteiger partial charge on any atom is 0.227 e. The van der Waals surface area contributed by atoms with Crippen molar-refractivity contribution in [3.05, 3.63) is 23.9 Å². The molecule has 0 atom stereocenters. The van der Waals surface area contributed by atoms with Crippen molar-refractivity contribution in [2.45, 2.75) is 19.8 Å². The number of nitrogens with one attached hydrogen (secondary N) is 2. The Morgan fingerprint density at radius 3 is 2.88 bits per heavy atom. The van der Waals surface area contributed by atoms with Gasteiger partial charge in [-0.15, -0.1) is 24.0 Å². The van der Waals surface area contributed by atoms with E-state index >= 15 is 0 Å². The molecule has 0 aromatic carbocycles. The van der Waals surface area contributed by atoms with Crippen LogP contribution < -0.4 is 16.4 Å². The Bertz CT molecular complexity index is 578. The summed E-state index contributed by atoms with van der Waals surface area (Å²) in [6.07, 6.45) is 1.27. The molecule has 9 heteroatoms. The number of carbonyl (C=O) groups is 1. The third-order valence-corrected chi connectivity index (χ3v) is 3.83. The molecule has 0 unspecified atom stereocenters. The number of nitrogens with two attached hydrogens (primary N) is 1. The van der Waals surface area contributed by atoms with Crippen molar-refractivity contribution >= 4 is 41.7 Å². The molecule has 0 bridgehead atoms. The fourth-order valence-electron chi connectivity index (χ4n) is 2.50. The number of guanidine groups is 1. The largest absolute Gasteiger partial charge is 0.379 e. The number of aryl methyl sites for hydroxylation is 1. The Kier molecular flexibility index (Phi) is 11.1. The summed E-state index contributed by atoms with van der Waals surface area (Å²) in [7, 11) is 0. The lowest BCUT2D eigenvalue weighted by molar-refractivity contribution is -0.116. The molecule has 2 rings (SSSR count). The van der Waals surface area contributed by atoms with Gasteiger partial charge in [0, 0.05) is 44.8 Å². The first-order chi connectivity index (χ1) is 12.1. The van der Waals surface area contributed by atoms with Crippen molar-refractivity contribution in [2.24, 2.45) is 10.7 Å². The van der Waals surface area contributed by atoms with Crippen LogP contribution in [0.15, 0.2) is 23.2 Å². The van der Waals surface area contributed by atoms with E-state index in [-0.39, 0.29) is 29.9 Å². The zero-order valence-electron chi connectivity index (χ0n) is 15.2. The van der Waals surface area contributed by atoms with Gasteiger partial charge < -0.3 is 21.1 Å². The number of aromatic nitrogens is 1. The first-order valence-electron chi connectivity index (χ1n) is 8.71. The zero-order valence-corrected chi connectivity index (χ0v) is 17.6. The van der Waals surface area contributed by atoms with Gasteiger partial charge in [0.05, 0.1) is 13.2 Å². The normalized spacial score (nSPS) is 15.2. The standard InChI is InChI=1S/C17H28N6O2.HI/c1-14-4-2-5-15(21-14)22-16(24)6-8-20-17(18)19-7-3-9-23-10-12-25-13-11-23;/h2,4-5H,3,6-13H2,1H3,(H3,18,19,20)(H,21,22,24);1H. The SMILES string of the molecule is Cc1cccc(NC(=O)CCNC(N)=NCCCN2CCOCC2)n1.I. The first kappa shape index (κ1) is 22.6. The fraction of sp³-hybridized carbons (Fsp3) is 0.588. The van der Waals surface area contributed by atoms with Gasteiger partial charge in [0.1, 0.15) is 5.82 Å². The number of carbonyl (C=O) groups excluding carboxylic acids is 1. The molecule has 2 heterocycles. The molecule has 0 spiro atoms. The van der Waals surface area contributed by atoms with Crippen LogP contribution in [-0.4, -0.2) is 67.7 Å². The van der Waals surface area contributed by atoms with Crippen LogP contribution in [0.1, 0.15) is 18.5 Å². The van der Waals surface area contributed by atoms with Crippen molar-refractivity contribution in [1.29, 1.82) is 0 Å². The molecule has 1 saturated heterocycles. The molecular weight excluding hydrogens is 447 g/mol. The van der Waals surface area contributed by atoms with Crippen molar-refractivity contribution in [3.8, 4) is 0 Å². The van der Waals surface area contributed by atoms with Gasteiger partial charge in [-0.1, -0.05) is 6.07 Å². The number of halogens is 1. The Labute approximate surface area is 172 Å². The van der Waals surface area contributed by atoms with Crippen molar-refractivity contribution < 1.29 is 9.53 Å². The Balaban J connectivity index is 0.00000338. The lowest BCUT2D eigenvalue weighted by atomic mass is 10.3. The van der Waals surface area contributed by atoms with E-state index in [1.165, 1.54) is 0 Å². The lowest BCUT2D eigenvalue weighted by Crippen LogP contribution is -2.37. The average molecular weight is 476 g/mol. The van der Waals surface area contributed by atoms with E-state index in [2.05, 4.69) is 25.5 Å². The summed E-state index contributed by atoms with van der Waals surface area (Å²) in [4.78, 5) is 22.7. The van der Waals surface area contributed by atoms with Crippen LogP contribution in [0, 0.1) is 6.92 Å². The van der Waals surface area contributed by atoms with E-state index in [0.29, 0.717) is 31.3 Å². The predicted octanol–water partition coefficient (Wildman–Crippen LogP) is 0.963. The number of hydrogen-bond acceptors (Lipinski definition) is 5. The van der Waals surface area contributed by atoms with Gasteiger partial charge in [-0.3, -0.25) is 14.7 Å². The molecule has 1 aliphatic rings. The first-order valence-corrected chi connectivity index (χ1v) is 8.71. The van der Waals surface area contributed by atoms with E-state index in [9.17, 15) is 4.79 Å². The number of ether oxygens (including phenoxy) is 1. The van der Waals surface area contributed by atoms with Crippen LogP contribution in [0.4, 0.5) is 5.82 Å². The highest BCUT2D eigenvalue weighted by Crippen LogP contribution is 2.04. The number of hydrogen-bond donors (Lipinski definition) is 3. The highest BCUT2D eigenvalue weighted by atomic mass is 127. The van der Waals surface area contributed by atoms with E-state index in [4.69, 9.17) is 10.5 Å². The summed E-state index contributed by atoms with van der Waals surface area (Å²) < 4.78 is 5.32. The number of rotatable bonds is 8. The minimum atomic E-state index is -0.106. The molecule has 8 nitrogen and oxygen atoms in total. The number of nitrogens with zero attached hydrogens (tertiary/aromatic N) is 3. The number of anilines is 1. The smallest absolute Gasteiger partial charge is 0.227 e. The second-order valence-electron chi connectivity index (χ2n) is 5.96. The number of aliphatic imine (C=N–C) groups is 1. The molecule has 0 radical (unpaired) electrons. The third kappa shape index (κ3) is 9.30. The molecule has 146 valence electrons. The average Bonchev–Trinajstić information content (AvgIpc) is 2.60. The van der Waals surface area contributed by atoms with Gasteiger partial charge in [-0.05, 0) is 25.5 Å². The summed E-state index contributed by atoms with van der Waals surface area (Å²) >= 11 is 0. The molecule has 1 fully saturated rings. The van der Waals surface area contributed by atoms with E-state index in [0.717, 1.165) is 45.0 Å². The summed E-state index contributed by atoms with van der Waals surface area (Å²) in [5, 5.41) is 5.72. The highest BCUT2D eigenvalue weighted by Gasteiger charge is 2.09. The number of amides is 1. The van der Waals surface area contributed by atoms with Gasteiger partial charge in [0.15, 0.2) is 5.96 Å². The number of pyridine rings is 1. The van der Waals surface area contributed by atoms with Crippen LogP contribution in [0.3, 0.4) is 0 Å². The monoisotopic (exact) mass is 476 g/mol. The van der Waals surface area contributed by atoms with E-state index in [1.54, 1.807) is 6.07 Å². The van der Waals surface area contributed by atoms with E-state index in [1.807, 2.05) is 19.1 Å². The van der Waals surface area contributed by atoms with Crippen molar-refractivity contribution in [2.75, 3.05) is 51.3 Å². The molecule has 4 N–H and O–H groups in total. The molecule has 1 amide bonds. The van der Waals surface area contributed by atoms with Crippen LogP contribution in [-0.2, 0) is 9.53 Å². The van der Waals surface area contributed by atoms with Crippen molar-refractivity contribution in [3.63, 3.8) is 0 Å². The maximum atomic E-state index is 11.9. The summed E-state index contributed by atoms with van der Waals surface area (Å²) in [5.41, 5.74) is 6.68. The molecule has 26 heavy (non-hydrogen) atoms. The molecule has 0 saturated carbocycles. The summed E-state index contributed by atoms with van der Waals surface area (Å²) in [6.45, 7) is 7.61. The number of morpholine rings is 1. The summed E-state index contributed by atoms with van der Waals surface area (Å²) in [5.74, 6) is 0.837. The Morgan fingerprint density at radius 2 is 2.15 bits per heavy atom. The maximum absolute atomic E-state index is 11.9. The topological polar surface area (TPSA) is 105 Å². The van der Waals surface area contributed by atoms with Crippen LogP contribution in [0.25, 0.3) is 0 Å². The van der Waals surface area contributed by atoms with Crippen LogP contribution in [0.5, 0.6) is 0 Å². The fourth-order valence-corrected chi connectivity index (χ4v) is 2.50. The van der Waals surface area contributed by atoms with Gasteiger partial charge in [0.2, 0.25) is 5.91 Å². The van der Waals surface area contributed by atoms with Crippen LogP contribution in [0.2, 0.25) is 0 Å². The lowest BCUT2D eigenvalue weighted by Gasteiger charge is -2.26. The Morgan fingerprint density at radius 1 is 1.38 bits per heavy atom. The molecule has 1 aliphatic heterocycles. The zero-order chi connectivity index (χ0) is 17.9. The van der Waals surface area contributed by atoms with Gasteiger partial charge in [0.25, 0.3) is 0 Å². The second-order valence-corrected chi connectivity index (χ2v) is 5.96. The van der Waals surface area contributed by atoms with E-state index < -0.39 is 0 Å². The van der Waals surface area contributed by atoms with Gasteiger partial charge >= 0.3 is 0 Å². The van der Waals surface area contributed by atoms with Crippen molar-refractivity contribution in [1.82, 2.24) is 15.2 Å². The molecule has 1 aromatic rings. The van der Waals surface area contributed by atoms with Crippen LogP contribution >= 0.6 is 24.0 Å². The predicted molar refractivity (Wildman–Crippen MR) is 114 cm³/mol. The molecule has 1 aromatic heterocycles. The third-order valence-electron chi connectivity index (χ3n) is 3.83. The highest BCUT2D eigenvalue weighted by molar-refractivity contribution is 14.0. The summed E-state index contributed by atoms with van der Waals surface area (Å²) in [6, 6.07) is 5.51. The minimum absolute atomic E-state index is 0. The Hall–Kier alpha value is -1.46.